The number of rotatable bonds is 8. The van der Waals surface area contributed by atoms with Gasteiger partial charge in [-0.15, -0.1) is 0 Å². The summed E-state index contributed by atoms with van der Waals surface area (Å²) in [4.78, 5) is 18.1. The summed E-state index contributed by atoms with van der Waals surface area (Å²) in [6.45, 7) is 2.01. The minimum absolute atomic E-state index is 0.00894. The zero-order chi connectivity index (χ0) is 25.5. The second-order valence-electron chi connectivity index (χ2n) is 9.33. The normalized spacial score (nSPS) is 18.9. The van der Waals surface area contributed by atoms with E-state index in [-0.39, 0.29) is 24.1 Å². The molecule has 1 fully saturated rings. The van der Waals surface area contributed by atoms with Crippen molar-refractivity contribution in [1.29, 1.82) is 0 Å². The molecule has 3 atom stereocenters. The Kier molecular flexibility index (Phi) is 8.52. The Labute approximate surface area is 210 Å². The smallest absolute Gasteiger partial charge is 0.303 e. The maximum Gasteiger partial charge on any atom is 0.303 e. The number of carboxylic acids is 1. The molecule has 1 aromatic heterocycles. The maximum absolute atomic E-state index is 13.1. The number of pyridine rings is 1. The van der Waals surface area contributed by atoms with Crippen LogP contribution in [0.15, 0.2) is 54.7 Å². The third kappa shape index (κ3) is 6.60. The van der Waals surface area contributed by atoms with Crippen LogP contribution in [-0.4, -0.2) is 52.8 Å². The van der Waals surface area contributed by atoms with Crippen LogP contribution in [-0.2, 0) is 4.79 Å². The molecule has 6 nitrogen and oxygen atoms in total. The van der Waals surface area contributed by atoms with Crippen molar-refractivity contribution >= 4 is 16.9 Å². The molecule has 0 saturated carbocycles. The summed E-state index contributed by atoms with van der Waals surface area (Å²) in [5.74, 6) is 5.98. The number of hydrogen-bond donors (Lipinski definition) is 2. The number of carboxylic acid groups (broad SMARTS) is 1. The second kappa shape index (κ2) is 12.0. The molecule has 4 rings (SSSR count). The fraction of sp³-hybridized carbons (Fsp3) is 0.379. The average Bonchev–Trinajstić information content (AvgIpc) is 2.88. The van der Waals surface area contributed by atoms with Gasteiger partial charge in [0, 0.05) is 30.1 Å². The van der Waals surface area contributed by atoms with E-state index in [0.717, 1.165) is 41.4 Å². The number of benzene rings is 2. The molecule has 2 N–H and O–H groups in total. The van der Waals surface area contributed by atoms with Gasteiger partial charge in [-0.25, -0.2) is 4.39 Å². The molecule has 1 aliphatic rings. The molecule has 0 radical (unpaired) electrons. The third-order valence-electron chi connectivity index (χ3n) is 6.94. The summed E-state index contributed by atoms with van der Waals surface area (Å²) in [5.41, 5.74) is 2.36. The quantitative estimate of drug-likeness (QED) is 0.447. The fourth-order valence-electron chi connectivity index (χ4n) is 5.01. The number of likely N-dealkylation sites (tertiary alicyclic amines) is 1. The number of fused-ring (bicyclic) bond motifs is 1. The van der Waals surface area contributed by atoms with Crippen molar-refractivity contribution in [1.82, 2.24) is 9.88 Å². The summed E-state index contributed by atoms with van der Waals surface area (Å²) < 4.78 is 18.4. The van der Waals surface area contributed by atoms with Crippen molar-refractivity contribution in [2.45, 2.75) is 31.8 Å². The minimum Gasteiger partial charge on any atom is -0.497 e. The Hall–Kier alpha value is -3.47. The molecule has 3 aromatic rings. The van der Waals surface area contributed by atoms with Crippen LogP contribution in [0.25, 0.3) is 10.9 Å². The number of piperidine rings is 1. The van der Waals surface area contributed by atoms with Gasteiger partial charge in [0.05, 0.1) is 25.3 Å². The molecule has 0 unspecified atom stereocenters. The van der Waals surface area contributed by atoms with Gasteiger partial charge in [-0.2, -0.15) is 0 Å². The van der Waals surface area contributed by atoms with Gasteiger partial charge in [0.1, 0.15) is 11.6 Å². The van der Waals surface area contributed by atoms with E-state index in [0.29, 0.717) is 25.3 Å². The summed E-state index contributed by atoms with van der Waals surface area (Å²) in [6, 6.07) is 13.5. The van der Waals surface area contributed by atoms with Gasteiger partial charge in [0.25, 0.3) is 0 Å². The first-order chi connectivity index (χ1) is 17.4. The monoisotopic (exact) mass is 490 g/mol. The lowest BCUT2D eigenvalue weighted by atomic mass is 9.79. The van der Waals surface area contributed by atoms with E-state index >= 15 is 0 Å². The molecule has 1 aliphatic heterocycles. The van der Waals surface area contributed by atoms with Crippen LogP contribution < -0.4 is 4.74 Å². The molecule has 7 heteroatoms. The number of aliphatic hydroxyl groups is 1. The molecule has 188 valence electrons. The zero-order valence-corrected chi connectivity index (χ0v) is 20.4. The highest BCUT2D eigenvalue weighted by atomic mass is 19.1. The van der Waals surface area contributed by atoms with Crippen LogP contribution in [0.3, 0.4) is 0 Å². The summed E-state index contributed by atoms with van der Waals surface area (Å²) in [5, 5.41) is 21.4. The van der Waals surface area contributed by atoms with E-state index in [2.05, 4.69) is 21.7 Å². The van der Waals surface area contributed by atoms with E-state index in [4.69, 9.17) is 4.74 Å². The van der Waals surface area contributed by atoms with Crippen LogP contribution in [0.2, 0.25) is 0 Å². The van der Waals surface area contributed by atoms with Gasteiger partial charge in [-0.3, -0.25) is 14.7 Å². The van der Waals surface area contributed by atoms with Gasteiger partial charge in [-0.05, 0) is 91.7 Å². The van der Waals surface area contributed by atoms with Crippen LogP contribution in [0.1, 0.15) is 42.9 Å². The minimum atomic E-state index is -0.808. The van der Waals surface area contributed by atoms with Crippen molar-refractivity contribution in [2.75, 3.05) is 26.7 Å². The number of methoxy groups -OCH3 is 1. The fourth-order valence-corrected chi connectivity index (χ4v) is 5.01. The number of hydrogen-bond acceptors (Lipinski definition) is 5. The molecule has 0 bridgehead atoms. The Morgan fingerprint density at radius 3 is 2.78 bits per heavy atom. The van der Waals surface area contributed by atoms with Crippen LogP contribution in [0.4, 0.5) is 4.39 Å². The topological polar surface area (TPSA) is 82.9 Å². The third-order valence-corrected chi connectivity index (χ3v) is 6.94. The van der Waals surface area contributed by atoms with Gasteiger partial charge in [-0.1, -0.05) is 11.8 Å². The number of aliphatic hydroxyl groups excluding tert-OH is 1. The molecule has 0 aliphatic carbocycles. The number of carbonyl (C=O) groups is 1. The van der Waals surface area contributed by atoms with E-state index in [9.17, 15) is 19.4 Å². The lowest BCUT2D eigenvalue weighted by molar-refractivity contribution is -0.139. The van der Waals surface area contributed by atoms with E-state index in [1.807, 2.05) is 24.3 Å². The number of nitrogens with zero attached hydrogens (tertiary/aromatic N) is 2. The summed E-state index contributed by atoms with van der Waals surface area (Å²) >= 11 is 0. The molecular weight excluding hydrogens is 459 g/mol. The zero-order valence-electron chi connectivity index (χ0n) is 20.4. The van der Waals surface area contributed by atoms with Gasteiger partial charge in [0.15, 0.2) is 0 Å². The molecule has 36 heavy (non-hydrogen) atoms. The van der Waals surface area contributed by atoms with E-state index < -0.39 is 12.1 Å². The van der Waals surface area contributed by atoms with Crippen LogP contribution >= 0.6 is 0 Å². The van der Waals surface area contributed by atoms with E-state index in [1.54, 1.807) is 25.4 Å². The van der Waals surface area contributed by atoms with Crippen molar-refractivity contribution in [3.05, 3.63) is 71.7 Å². The average molecular weight is 491 g/mol. The highest BCUT2D eigenvalue weighted by molar-refractivity contribution is 5.83. The SMILES string of the molecule is COc1ccc2nccc([C@@H](O)CC[C@@H]3CCN(CC#Cc4ccc(F)cc4)C[C@@H]3CC(=O)O)c2c1. The van der Waals surface area contributed by atoms with Crippen LogP contribution in [0, 0.1) is 29.5 Å². The van der Waals surface area contributed by atoms with E-state index in [1.165, 1.54) is 12.1 Å². The summed E-state index contributed by atoms with van der Waals surface area (Å²) in [7, 11) is 1.61. The number of aromatic nitrogens is 1. The van der Waals surface area contributed by atoms with Crippen LogP contribution in [0.5, 0.6) is 5.75 Å². The number of ether oxygens (including phenoxy) is 1. The maximum atomic E-state index is 13.1. The highest BCUT2D eigenvalue weighted by Gasteiger charge is 2.31. The first-order valence-electron chi connectivity index (χ1n) is 12.2. The van der Waals surface area contributed by atoms with Crippen molar-refractivity contribution < 1.29 is 24.1 Å². The molecule has 0 amide bonds. The first-order valence-corrected chi connectivity index (χ1v) is 12.2. The predicted molar refractivity (Wildman–Crippen MR) is 136 cm³/mol. The van der Waals surface area contributed by atoms with Crippen molar-refractivity contribution in [2.24, 2.45) is 11.8 Å². The van der Waals surface area contributed by atoms with Gasteiger partial charge >= 0.3 is 5.97 Å². The Bertz CT molecular complexity index is 1250. The van der Waals surface area contributed by atoms with Gasteiger partial charge in [0.2, 0.25) is 0 Å². The predicted octanol–water partition coefficient (Wildman–Crippen LogP) is 4.66. The second-order valence-corrected chi connectivity index (χ2v) is 9.33. The molecule has 0 spiro atoms. The number of aliphatic carboxylic acids is 1. The summed E-state index contributed by atoms with van der Waals surface area (Å²) in [6.07, 6.45) is 3.26. The Morgan fingerprint density at radius 1 is 1.22 bits per heavy atom. The lowest BCUT2D eigenvalue weighted by Gasteiger charge is -2.37. The molecule has 1 saturated heterocycles. The first kappa shape index (κ1) is 25.6. The lowest BCUT2D eigenvalue weighted by Crippen LogP contribution is -2.41. The highest BCUT2D eigenvalue weighted by Crippen LogP contribution is 2.34. The van der Waals surface area contributed by atoms with Gasteiger partial charge < -0.3 is 14.9 Å². The standard InChI is InChI=1S/C29H31FN2O4/c1-36-24-9-10-27-26(18-24)25(12-14-31-27)28(33)11-6-21-13-16-32(19-22(21)17-29(34)35)15-2-3-20-4-7-23(30)8-5-20/h4-5,7-10,12,14,18,21-22,28,33H,6,11,13,15-17,19H2,1H3,(H,34,35)/t21-,22+,28+/m1/s1. The molecule has 2 aromatic carbocycles. The van der Waals surface area contributed by atoms with Crippen molar-refractivity contribution in [3.63, 3.8) is 0 Å². The van der Waals surface area contributed by atoms with Crippen molar-refractivity contribution in [3.8, 4) is 17.6 Å². The molecule has 2 heterocycles. The Morgan fingerprint density at radius 2 is 2.03 bits per heavy atom. The number of halogens is 1. The molecular formula is C29H31FN2O4. The largest absolute Gasteiger partial charge is 0.497 e. The Balaban J connectivity index is 1.38.